The van der Waals surface area contributed by atoms with Crippen LogP contribution in [-0.2, 0) is 11.3 Å². The van der Waals surface area contributed by atoms with E-state index in [2.05, 4.69) is 25.9 Å². The molecule has 0 aliphatic heterocycles. The lowest BCUT2D eigenvalue weighted by Crippen LogP contribution is -2.41. The third kappa shape index (κ3) is 7.81. The second-order valence-corrected chi connectivity index (χ2v) is 7.22. The Balaban J connectivity index is 0.00000280. The Morgan fingerprint density at radius 2 is 1.89 bits per heavy atom. The maximum Gasteiger partial charge on any atom is 0.223 e. The third-order valence-electron chi connectivity index (χ3n) is 4.82. The van der Waals surface area contributed by atoms with Gasteiger partial charge < -0.3 is 20.7 Å². The highest BCUT2D eigenvalue weighted by Crippen LogP contribution is 2.28. The molecule has 2 aliphatic rings. The first-order chi connectivity index (χ1) is 13.2. The molecule has 7 nitrogen and oxygen atoms in total. The van der Waals surface area contributed by atoms with Crippen molar-refractivity contribution in [2.75, 3.05) is 19.6 Å². The molecule has 1 heterocycles. The predicted octanol–water partition coefficient (Wildman–Crippen LogP) is 2.60. The van der Waals surface area contributed by atoms with Crippen molar-refractivity contribution in [2.45, 2.75) is 58.1 Å². The molecule has 0 spiro atoms. The van der Waals surface area contributed by atoms with E-state index in [-0.39, 0.29) is 35.8 Å². The van der Waals surface area contributed by atoms with Gasteiger partial charge in [0.2, 0.25) is 11.8 Å². The van der Waals surface area contributed by atoms with E-state index in [0.29, 0.717) is 31.6 Å². The number of nitrogens with zero attached hydrogens (tertiary/aromatic N) is 2. The molecule has 28 heavy (non-hydrogen) atoms. The number of pyridine rings is 1. The van der Waals surface area contributed by atoms with Crippen LogP contribution < -0.4 is 20.7 Å². The highest BCUT2D eigenvalue weighted by Gasteiger charge is 2.28. The minimum absolute atomic E-state index is 0. The number of carbonyl (C=O) groups excluding carboxylic acids is 1. The number of halogens is 1. The van der Waals surface area contributed by atoms with Gasteiger partial charge in [-0.1, -0.05) is 6.07 Å². The maximum atomic E-state index is 11.6. The Morgan fingerprint density at radius 1 is 1.14 bits per heavy atom. The van der Waals surface area contributed by atoms with Gasteiger partial charge in [0.15, 0.2) is 5.96 Å². The lowest BCUT2D eigenvalue weighted by molar-refractivity contribution is -0.122. The number of aromatic nitrogens is 1. The van der Waals surface area contributed by atoms with Gasteiger partial charge in [-0.15, -0.1) is 24.0 Å². The second-order valence-electron chi connectivity index (χ2n) is 7.22. The van der Waals surface area contributed by atoms with Gasteiger partial charge in [-0.05, 0) is 51.0 Å². The van der Waals surface area contributed by atoms with Crippen molar-refractivity contribution in [1.82, 2.24) is 20.9 Å². The summed E-state index contributed by atoms with van der Waals surface area (Å²) >= 11 is 0. The number of aliphatic imine (C=N–C) groups is 1. The first-order valence-corrected chi connectivity index (χ1v) is 10.2. The Morgan fingerprint density at radius 3 is 2.54 bits per heavy atom. The average molecular weight is 501 g/mol. The summed E-state index contributed by atoms with van der Waals surface area (Å²) in [7, 11) is 0. The van der Waals surface area contributed by atoms with E-state index in [1.54, 1.807) is 0 Å². The van der Waals surface area contributed by atoms with Crippen molar-refractivity contribution in [2.24, 2.45) is 10.9 Å². The summed E-state index contributed by atoms with van der Waals surface area (Å²) in [4.78, 5) is 20.6. The summed E-state index contributed by atoms with van der Waals surface area (Å²) in [6, 6.07) is 3.94. The van der Waals surface area contributed by atoms with Crippen LogP contribution in [-0.4, -0.2) is 42.6 Å². The van der Waals surface area contributed by atoms with Crippen LogP contribution in [0, 0.1) is 5.92 Å². The van der Waals surface area contributed by atoms with Crippen LogP contribution in [0.5, 0.6) is 5.88 Å². The maximum absolute atomic E-state index is 11.6. The summed E-state index contributed by atoms with van der Waals surface area (Å²) in [5.41, 5.74) is 1.04. The van der Waals surface area contributed by atoms with E-state index < -0.39 is 0 Å². The molecule has 3 rings (SSSR count). The molecule has 156 valence electrons. The molecule has 0 aromatic carbocycles. The number of guanidine groups is 1. The van der Waals surface area contributed by atoms with Gasteiger partial charge in [0.1, 0.15) is 6.10 Å². The SMILES string of the molecule is CCNC(=NCc1ccc(OC2CCCC2)nc1)NCCNC(=O)C1CC1.I. The van der Waals surface area contributed by atoms with Gasteiger partial charge >= 0.3 is 0 Å². The van der Waals surface area contributed by atoms with Crippen molar-refractivity contribution in [1.29, 1.82) is 0 Å². The van der Waals surface area contributed by atoms with Gasteiger partial charge in [0.25, 0.3) is 0 Å². The van der Waals surface area contributed by atoms with Crippen LogP contribution in [0.25, 0.3) is 0 Å². The topological polar surface area (TPSA) is 87.6 Å². The number of hydrogen-bond donors (Lipinski definition) is 3. The monoisotopic (exact) mass is 501 g/mol. The zero-order valence-corrected chi connectivity index (χ0v) is 18.9. The van der Waals surface area contributed by atoms with E-state index in [9.17, 15) is 4.79 Å². The molecule has 1 amide bonds. The molecular formula is C20H32IN5O2. The fraction of sp³-hybridized carbons (Fsp3) is 0.650. The third-order valence-corrected chi connectivity index (χ3v) is 4.82. The Labute approximate surface area is 184 Å². The molecule has 2 fully saturated rings. The van der Waals surface area contributed by atoms with Crippen LogP contribution in [0.1, 0.15) is 51.0 Å². The first kappa shape index (κ1) is 22.7. The summed E-state index contributed by atoms with van der Waals surface area (Å²) in [5.74, 6) is 1.86. The minimum atomic E-state index is 0. The Bertz CT molecular complexity index is 628. The molecule has 3 N–H and O–H groups in total. The molecule has 0 bridgehead atoms. The smallest absolute Gasteiger partial charge is 0.223 e. The summed E-state index contributed by atoms with van der Waals surface area (Å²) < 4.78 is 5.89. The largest absolute Gasteiger partial charge is 0.474 e. The van der Waals surface area contributed by atoms with E-state index in [4.69, 9.17) is 4.74 Å². The molecule has 0 unspecified atom stereocenters. The second kappa shape index (κ2) is 12.1. The van der Waals surface area contributed by atoms with Crippen LogP contribution in [0.15, 0.2) is 23.3 Å². The van der Waals surface area contributed by atoms with E-state index >= 15 is 0 Å². The van der Waals surface area contributed by atoms with Crippen LogP contribution in [0.2, 0.25) is 0 Å². The predicted molar refractivity (Wildman–Crippen MR) is 121 cm³/mol. The molecule has 8 heteroatoms. The van der Waals surface area contributed by atoms with Gasteiger partial charge in [0.05, 0.1) is 6.54 Å². The molecule has 0 radical (unpaired) electrons. The number of hydrogen-bond acceptors (Lipinski definition) is 4. The molecule has 1 aromatic rings. The zero-order valence-electron chi connectivity index (χ0n) is 16.6. The lowest BCUT2D eigenvalue weighted by atomic mass is 10.3. The molecule has 0 atom stereocenters. The Kier molecular flexibility index (Phi) is 9.80. The molecule has 2 aliphatic carbocycles. The van der Waals surface area contributed by atoms with Crippen molar-refractivity contribution in [3.05, 3.63) is 23.9 Å². The van der Waals surface area contributed by atoms with Crippen molar-refractivity contribution < 1.29 is 9.53 Å². The van der Waals surface area contributed by atoms with Gasteiger partial charge in [0, 0.05) is 37.8 Å². The first-order valence-electron chi connectivity index (χ1n) is 10.2. The lowest BCUT2D eigenvalue weighted by Gasteiger charge is -2.13. The van der Waals surface area contributed by atoms with Crippen LogP contribution in [0.4, 0.5) is 0 Å². The molecule has 1 aromatic heterocycles. The molecule has 2 saturated carbocycles. The van der Waals surface area contributed by atoms with E-state index in [0.717, 1.165) is 43.8 Å². The average Bonchev–Trinajstić information content (AvgIpc) is 3.42. The van der Waals surface area contributed by atoms with Gasteiger partial charge in [-0.25, -0.2) is 9.98 Å². The van der Waals surface area contributed by atoms with Gasteiger partial charge in [-0.3, -0.25) is 4.79 Å². The van der Waals surface area contributed by atoms with E-state index in [1.165, 1.54) is 12.8 Å². The van der Waals surface area contributed by atoms with Crippen molar-refractivity contribution >= 4 is 35.8 Å². The summed E-state index contributed by atoms with van der Waals surface area (Å²) in [6.45, 7) is 4.61. The number of rotatable bonds is 9. The van der Waals surface area contributed by atoms with Crippen LogP contribution >= 0.6 is 24.0 Å². The summed E-state index contributed by atoms with van der Waals surface area (Å²) in [5, 5.41) is 9.40. The van der Waals surface area contributed by atoms with Crippen molar-refractivity contribution in [3.63, 3.8) is 0 Å². The summed E-state index contributed by atoms with van der Waals surface area (Å²) in [6.07, 6.45) is 8.98. The molecule has 0 saturated heterocycles. The number of amides is 1. The standard InChI is InChI=1S/C20H31N5O2.HI/c1-2-21-20(23-12-11-22-19(26)16-8-9-16)25-14-15-7-10-18(24-13-15)27-17-5-3-4-6-17;/h7,10,13,16-17H,2-6,8-9,11-12,14H2,1H3,(H,22,26)(H2,21,23,25);1H. The van der Waals surface area contributed by atoms with Crippen molar-refractivity contribution in [3.8, 4) is 5.88 Å². The number of nitrogens with one attached hydrogen (secondary N) is 3. The van der Waals surface area contributed by atoms with E-state index in [1.807, 2.05) is 25.3 Å². The fourth-order valence-corrected chi connectivity index (χ4v) is 3.12. The Hall–Kier alpha value is -1.58. The zero-order chi connectivity index (χ0) is 18.9. The number of ether oxygens (including phenoxy) is 1. The highest BCUT2D eigenvalue weighted by atomic mass is 127. The van der Waals surface area contributed by atoms with Crippen LogP contribution in [0.3, 0.4) is 0 Å². The minimum Gasteiger partial charge on any atom is -0.474 e. The number of carbonyl (C=O) groups is 1. The van der Waals surface area contributed by atoms with Gasteiger partial charge in [-0.2, -0.15) is 0 Å². The fourth-order valence-electron chi connectivity index (χ4n) is 3.12. The molecular weight excluding hydrogens is 469 g/mol. The normalized spacial score (nSPS) is 17.0. The quantitative estimate of drug-likeness (QED) is 0.210. The highest BCUT2D eigenvalue weighted by molar-refractivity contribution is 14.0.